The molecule has 70 valence electrons. The van der Waals surface area contributed by atoms with E-state index in [1.165, 1.54) is 0 Å². The molecule has 0 aliphatic rings. The Morgan fingerprint density at radius 2 is 2.23 bits per heavy atom. The van der Waals surface area contributed by atoms with Crippen LogP contribution in [0.5, 0.6) is 0 Å². The fourth-order valence-corrected chi connectivity index (χ4v) is 1.21. The molecule has 0 aromatic heterocycles. The summed E-state index contributed by atoms with van der Waals surface area (Å²) in [6, 6.07) is 5.19. The van der Waals surface area contributed by atoms with Crippen molar-refractivity contribution in [2.45, 2.75) is 13.8 Å². The van der Waals surface area contributed by atoms with E-state index in [0.717, 1.165) is 5.56 Å². The molecule has 0 unspecified atom stereocenters. The summed E-state index contributed by atoms with van der Waals surface area (Å²) in [4.78, 5) is 11.3. The van der Waals surface area contributed by atoms with Gasteiger partial charge in [0.25, 0.3) is 0 Å². The molecule has 0 atom stereocenters. The van der Waals surface area contributed by atoms with E-state index in [2.05, 4.69) is 0 Å². The number of esters is 1. The third-order valence-corrected chi connectivity index (χ3v) is 2.17. The third kappa shape index (κ3) is 2.22. The zero-order valence-corrected chi connectivity index (χ0v) is 8.39. The molecule has 0 amide bonds. The topological polar surface area (TPSA) is 26.3 Å². The molecule has 2 nitrogen and oxygen atoms in total. The second-order valence-corrected chi connectivity index (χ2v) is 3.04. The maximum absolute atomic E-state index is 11.3. The van der Waals surface area contributed by atoms with Crippen LogP contribution in [0.25, 0.3) is 0 Å². The molecule has 3 heteroatoms. The van der Waals surface area contributed by atoms with Crippen molar-refractivity contribution < 1.29 is 9.53 Å². The number of hydrogen-bond donors (Lipinski definition) is 0. The maximum Gasteiger partial charge on any atom is 0.338 e. The van der Waals surface area contributed by atoms with Crippen molar-refractivity contribution >= 4 is 17.6 Å². The Morgan fingerprint density at radius 3 is 2.85 bits per heavy atom. The average molecular weight is 199 g/mol. The van der Waals surface area contributed by atoms with Crippen LogP contribution in [-0.2, 0) is 4.74 Å². The molecule has 0 aliphatic heterocycles. The molecular weight excluding hydrogens is 188 g/mol. The van der Waals surface area contributed by atoms with Gasteiger partial charge in [-0.15, -0.1) is 0 Å². The smallest absolute Gasteiger partial charge is 0.338 e. The predicted octanol–water partition coefficient (Wildman–Crippen LogP) is 2.83. The summed E-state index contributed by atoms with van der Waals surface area (Å²) in [6.45, 7) is 3.96. The van der Waals surface area contributed by atoms with E-state index in [0.29, 0.717) is 17.2 Å². The third-order valence-electron chi connectivity index (χ3n) is 1.76. The molecule has 13 heavy (non-hydrogen) atoms. The fourth-order valence-electron chi connectivity index (χ4n) is 1.04. The van der Waals surface area contributed by atoms with Crippen molar-refractivity contribution in [2.75, 3.05) is 6.61 Å². The minimum atomic E-state index is -0.317. The summed E-state index contributed by atoms with van der Waals surface area (Å²) in [5.74, 6) is -0.317. The van der Waals surface area contributed by atoms with Crippen LogP contribution in [0.15, 0.2) is 18.2 Å². The molecule has 0 N–H and O–H groups in total. The lowest BCUT2D eigenvalue weighted by Crippen LogP contribution is -2.06. The van der Waals surface area contributed by atoms with E-state index in [4.69, 9.17) is 16.3 Å². The standard InChI is InChI=1S/C10H11ClO2/c1-3-13-10(12)8-5-4-6-9(11)7(8)2/h4-6H,3H2,1-2H3. The lowest BCUT2D eigenvalue weighted by molar-refractivity contribution is 0.0525. The molecule has 0 saturated carbocycles. The van der Waals surface area contributed by atoms with Gasteiger partial charge in [0.05, 0.1) is 12.2 Å². The molecule has 1 rings (SSSR count). The second-order valence-electron chi connectivity index (χ2n) is 2.63. The summed E-state index contributed by atoms with van der Waals surface area (Å²) < 4.78 is 4.87. The van der Waals surface area contributed by atoms with Crippen molar-refractivity contribution in [3.8, 4) is 0 Å². The summed E-state index contributed by atoms with van der Waals surface area (Å²) in [5.41, 5.74) is 1.30. The monoisotopic (exact) mass is 198 g/mol. The quantitative estimate of drug-likeness (QED) is 0.684. The first kappa shape index (κ1) is 10.1. The molecule has 0 saturated heterocycles. The fraction of sp³-hybridized carbons (Fsp3) is 0.300. The molecule has 0 fully saturated rings. The second kappa shape index (κ2) is 4.28. The average Bonchev–Trinajstić information content (AvgIpc) is 2.10. The van der Waals surface area contributed by atoms with Crippen LogP contribution in [0, 0.1) is 6.92 Å². The Balaban J connectivity index is 3.01. The van der Waals surface area contributed by atoms with Gasteiger partial charge in [0.2, 0.25) is 0 Å². The molecule has 0 radical (unpaired) electrons. The zero-order chi connectivity index (χ0) is 9.84. The van der Waals surface area contributed by atoms with Gasteiger partial charge in [-0.25, -0.2) is 4.79 Å². The molecule has 0 bridgehead atoms. The summed E-state index contributed by atoms with van der Waals surface area (Å²) in [7, 11) is 0. The van der Waals surface area contributed by atoms with Gasteiger partial charge in [-0.3, -0.25) is 0 Å². The van der Waals surface area contributed by atoms with Crippen LogP contribution in [0.2, 0.25) is 5.02 Å². The van der Waals surface area contributed by atoms with Gasteiger partial charge in [0, 0.05) is 5.02 Å². The van der Waals surface area contributed by atoms with E-state index in [1.54, 1.807) is 32.0 Å². The van der Waals surface area contributed by atoms with Gasteiger partial charge in [-0.2, -0.15) is 0 Å². The predicted molar refractivity (Wildman–Crippen MR) is 52.1 cm³/mol. The molecule has 1 aromatic carbocycles. The van der Waals surface area contributed by atoms with E-state index in [-0.39, 0.29) is 5.97 Å². The van der Waals surface area contributed by atoms with Gasteiger partial charge in [0.15, 0.2) is 0 Å². The van der Waals surface area contributed by atoms with Crippen LogP contribution in [-0.4, -0.2) is 12.6 Å². The number of carbonyl (C=O) groups is 1. The lowest BCUT2D eigenvalue weighted by Gasteiger charge is -2.05. The first-order chi connectivity index (χ1) is 6.16. The Hall–Kier alpha value is -1.02. The van der Waals surface area contributed by atoms with Gasteiger partial charge in [-0.1, -0.05) is 17.7 Å². The van der Waals surface area contributed by atoms with E-state index >= 15 is 0 Å². The number of benzene rings is 1. The van der Waals surface area contributed by atoms with Crippen LogP contribution >= 0.6 is 11.6 Å². The van der Waals surface area contributed by atoms with E-state index in [1.807, 2.05) is 0 Å². The summed E-state index contributed by atoms with van der Waals surface area (Å²) in [5, 5.41) is 0.588. The van der Waals surface area contributed by atoms with Crippen molar-refractivity contribution in [3.63, 3.8) is 0 Å². The Kier molecular flexibility index (Phi) is 3.32. The van der Waals surface area contributed by atoms with Crippen LogP contribution < -0.4 is 0 Å². The SMILES string of the molecule is CCOC(=O)c1cccc(Cl)c1C. The Bertz CT molecular complexity index is 321. The highest BCUT2D eigenvalue weighted by Crippen LogP contribution is 2.19. The van der Waals surface area contributed by atoms with Gasteiger partial charge < -0.3 is 4.74 Å². The van der Waals surface area contributed by atoms with Crippen LogP contribution in [0.4, 0.5) is 0 Å². The largest absolute Gasteiger partial charge is 0.462 e. The zero-order valence-electron chi connectivity index (χ0n) is 7.63. The molecule has 0 heterocycles. The number of halogens is 1. The molecule has 1 aromatic rings. The van der Waals surface area contributed by atoms with Crippen molar-refractivity contribution in [1.29, 1.82) is 0 Å². The molecular formula is C10H11ClO2. The maximum atomic E-state index is 11.3. The molecule has 0 aliphatic carbocycles. The Morgan fingerprint density at radius 1 is 1.54 bits per heavy atom. The minimum Gasteiger partial charge on any atom is -0.462 e. The van der Waals surface area contributed by atoms with Crippen molar-refractivity contribution in [3.05, 3.63) is 34.3 Å². The highest BCUT2D eigenvalue weighted by Gasteiger charge is 2.10. The van der Waals surface area contributed by atoms with Crippen LogP contribution in [0.1, 0.15) is 22.8 Å². The number of rotatable bonds is 2. The van der Waals surface area contributed by atoms with E-state index < -0.39 is 0 Å². The first-order valence-electron chi connectivity index (χ1n) is 4.09. The van der Waals surface area contributed by atoms with Gasteiger partial charge >= 0.3 is 5.97 Å². The number of hydrogen-bond acceptors (Lipinski definition) is 2. The normalized spacial score (nSPS) is 9.77. The van der Waals surface area contributed by atoms with Gasteiger partial charge in [-0.05, 0) is 31.5 Å². The minimum absolute atomic E-state index is 0.317. The number of ether oxygens (including phenoxy) is 1. The highest BCUT2D eigenvalue weighted by atomic mass is 35.5. The summed E-state index contributed by atoms with van der Waals surface area (Å²) >= 11 is 5.85. The Labute approximate surface area is 82.5 Å². The molecule has 0 spiro atoms. The first-order valence-corrected chi connectivity index (χ1v) is 4.46. The number of carbonyl (C=O) groups excluding carboxylic acids is 1. The van der Waals surface area contributed by atoms with Gasteiger partial charge in [0.1, 0.15) is 0 Å². The van der Waals surface area contributed by atoms with E-state index in [9.17, 15) is 4.79 Å². The summed E-state index contributed by atoms with van der Waals surface area (Å²) in [6.07, 6.45) is 0. The lowest BCUT2D eigenvalue weighted by atomic mass is 10.1. The highest BCUT2D eigenvalue weighted by molar-refractivity contribution is 6.31. The van der Waals surface area contributed by atoms with Crippen molar-refractivity contribution in [2.24, 2.45) is 0 Å². The van der Waals surface area contributed by atoms with Crippen molar-refractivity contribution in [1.82, 2.24) is 0 Å². The van der Waals surface area contributed by atoms with Crippen LogP contribution in [0.3, 0.4) is 0 Å².